The molecule has 1 aromatic carbocycles. The summed E-state index contributed by atoms with van der Waals surface area (Å²) in [7, 11) is 0. The van der Waals surface area contributed by atoms with Crippen LogP contribution < -0.4 is 5.73 Å². The van der Waals surface area contributed by atoms with Gasteiger partial charge in [0.25, 0.3) is 0 Å². The van der Waals surface area contributed by atoms with Crippen molar-refractivity contribution in [2.45, 2.75) is 13.8 Å². The molecule has 0 atom stereocenters. The van der Waals surface area contributed by atoms with Gasteiger partial charge in [-0.15, -0.1) is 0 Å². The third kappa shape index (κ3) is 1.70. The number of hydrogen-bond donors (Lipinski definition) is 2. The van der Waals surface area contributed by atoms with Gasteiger partial charge in [-0.1, -0.05) is 11.6 Å². The summed E-state index contributed by atoms with van der Waals surface area (Å²) in [6.45, 7) is 3.91. The van der Waals surface area contributed by atoms with Gasteiger partial charge in [0.1, 0.15) is 0 Å². The van der Waals surface area contributed by atoms with Crippen molar-refractivity contribution in [3.63, 3.8) is 0 Å². The third-order valence-electron chi connectivity index (χ3n) is 2.39. The van der Waals surface area contributed by atoms with Crippen LogP contribution in [0, 0.1) is 13.8 Å². The number of rotatable bonds is 1. The quantitative estimate of drug-likeness (QED) is 0.728. The van der Waals surface area contributed by atoms with E-state index in [1.165, 1.54) is 0 Å². The molecule has 15 heavy (non-hydrogen) atoms. The van der Waals surface area contributed by atoms with Gasteiger partial charge in [0, 0.05) is 27.5 Å². The molecule has 1 heterocycles. The van der Waals surface area contributed by atoms with Gasteiger partial charge in [-0.05, 0) is 32.0 Å². The molecule has 0 aliphatic rings. The average Bonchev–Trinajstić information content (AvgIpc) is 2.51. The number of aromatic nitrogens is 2. The summed E-state index contributed by atoms with van der Waals surface area (Å²) in [5.41, 5.74) is 10.3. The van der Waals surface area contributed by atoms with Gasteiger partial charge in [-0.2, -0.15) is 5.10 Å². The van der Waals surface area contributed by atoms with Crippen molar-refractivity contribution >= 4 is 17.3 Å². The predicted molar refractivity (Wildman–Crippen MR) is 62.9 cm³/mol. The lowest BCUT2D eigenvalue weighted by Gasteiger charge is -2.05. The highest BCUT2D eigenvalue weighted by Gasteiger charge is 2.12. The van der Waals surface area contributed by atoms with Gasteiger partial charge in [0.2, 0.25) is 0 Å². The summed E-state index contributed by atoms with van der Waals surface area (Å²) < 4.78 is 0. The number of nitrogens with one attached hydrogen (secondary N) is 1. The van der Waals surface area contributed by atoms with Crippen molar-refractivity contribution < 1.29 is 0 Å². The summed E-state index contributed by atoms with van der Waals surface area (Å²) >= 11 is 6.13. The lowest BCUT2D eigenvalue weighted by atomic mass is 10.0. The molecule has 0 radical (unpaired) electrons. The number of nitrogen functional groups attached to an aromatic ring is 1. The molecule has 0 spiro atoms. The van der Waals surface area contributed by atoms with E-state index in [1.807, 2.05) is 19.9 Å². The van der Waals surface area contributed by atoms with E-state index < -0.39 is 0 Å². The number of H-pyrrole nitrogens is 1. The number of aromatic amines is 1. The van der Waals surface area contributed by atoms with Crippen LogP contribution in [-0.4, -0.2) is 10.2 Å². The predicted octanol–water partition coefficient (Wildman–Crippen LogP) is 2.93. The van der Waals surface area contributed by atoms with E-state index in [1.54, 1.807) is 12.1 Å². The van der Waals surface area contributed by atoms with E-state index >= 15 is 0 Å². The molecule has 2 rings (SSSR count). The Bertz CT molecular complexity index is 483. The first-order valence-corrected chi connectivity index (χ1v) is 5.04. The number of aryl methyl sites for hydroxylation is 2. The lowest BCUT2D eigenvalue weighted by molar-refractivity contribution is 1.02. The fourth-order valence-corrected chi connectivity index (χ4v) is 1.89. The van der Waals surface area contributed by atoms with Crippen LogP contribution in [-0.2, 0) is 0 Å². The molecule has 3 nitrogen and oxygen atoms in total. The molecule has 0 saturated heterocycles. The van der Waals surface area contributed by atoms with Gasteiger partial charge in [-0.3, -0.25) is 5.10 Å². The Labute approximate surface area is 93.3 Å². The fraction of sp³-hybridized carbons (Fsp3) is 0.182. The lowest BCUT2D eigenvalue weighted by Crippen LogP contribution is -1.88. The largest absolute Gasteiger partial charge is 0.399 e. The van der Waals surface area contributed by atoms with E-state index in [-0.39, 0.29) is 0 Å². The first kappa shape index (κ1) is 10.1. The number of hydrogen-bond acceptors (Lipinski definition) is 2. The molecule has 2 aromatic rings. The van der Waals surface area contributed by atoms with Crippen LogP contribution in [0.15, 0.2) is 18.2 Å². The van der Waals surface area contributed by atoms with Crippen LogP contribution in [0.25, 0.3) is 11.1 Å². The Morgan fingerprint density at radius 3 is 2.67 bits per heavy atom. The molecule has 1 aromatic heterocycles. The first-order valence-electron chi connectivity index (χ1n) is 4.66. The number of nitrogens with zero attached hydrogens (tertiary/aromatic N) is 1. The molecular formula is C11H12ClN3. The zero-order valence-electron chi connectivity index (χ0n) is 8.63. The highest BCUT2D eigenvalue weighted by atomic mass is 35.5. The minimum absolute atomic E-state index is 0.691. The molecular weight excluding hydrogens is 210 g/mol. The Morgan fingerprint density at radius 1 is 1.33 bits per heavy atom. The smallest absolute Gasteiger partial charge is 0.0672 e. The molecule has 0 amide bonds. The van der Waals surface area contributed by atoms with Gasteiger partial charge >= 0.3 is 0 Å². The normalized spacial score (nSPS) is 10.6. The summed E-state index contributed by atoms with van der Waals surface area (Å²) in [5, 5.41) is 7.76. The van der Waals surface area contributed by atoms with Gasteiger partial charge in [0.15, 0.2) is 0 Å². The first-order chi connectivity index (χ1) is 7.09. The fourth-order valence-electron chi connectivity index (χ4n) is 1.68. The van der Waals surface area contributed by atoms with Crippen LogP contribution in [0.3, 0.4) is 0 Å². The second-order valence-corrected chi connectivity index (χ2v) is 3.96. The van der Waals surface area contributed by atoms with Crippen molar-refractivity contribution in [1.82, 2.24) is 10.2 Å². The van der Waals surface area contributed by atoms with Crippen molar-refractivity contribution in [3.8, 4) is 11.1 Å². The van der Waals surface area contributed by atoms with E-state index in [4.69, 9.17) is 17.3 Å². The van der Waals surface area contributed by atoms with E-state index in [2.05, 4.69) is 10.2 Å². The van der Waals surface area contributed by atoms with Crippen molar-refractivity contribution in [1.29, 1.82) is 0 Å². The van der Waals surface area contributed by atoms with Crippen LogP contribution in [0.4, 0.5) is 5.69 Å². The Hall–Kier alpha value is -1.48. The average molecular weight is 222 g/mol. The minimum atomic E-state index is 0.691. The summed E-state index contributed by atoms with van der Waals surface area (Å²) in [6, 6.07) is 5.46. The zero-order valence-corrected chi connectivity index (χ0v) is 9.39. The maximum Gasteiger partial charge on any atom is 0.0672 e. The molecule has 0 bridgehead atoms. The number of anilines is 1. The van der Waals surface area contributed by atoms with Crippen molar-refractivity contribution in [2.24, 2.45) is 0 Å². The number of nitrogens with two attached hydrogens (primary N) is 1. The standard InChI is InChI=1S/C11H12ClN3/c1-6-11(7(2)15-14-6)9-5-8(13)3-4-10(9)12/h3-5H,13H2,1-2H3,(H,14,15). The van der Waals surface area contributed by atoms with Crippen LogP contribution in [0.5, 0.6) is 0 Å². The molecule has 3 N–H and O–H groups in total. The Kier molecular flexibility index (Phi) is 2.40. The molecule has 78 valence electrons. The van der Waals surface area contributed by atoms with Crippen LogP contribution in [0.2, 0.25) is 5.02 Å². The summed E-state index contributed by atoms with van der Waals surface area (Å²) in [5.74, 6) is 0. The third-order valence-corrected chi connectivity index (χ3v) is 2.72. The highest BCUT2D eigenvalue weighted by Crippen LogP contribution is 2.33. The molecule has 0 aliphatic carbocycles. The zero-order chi connectivity index (χ0) is 11.0. The van der Waals surface area contributed by atoms with Crippen LogP contribution in [0.1, 0.15) is 11.4 Å². The van der Waals surface area contributed by atoms with Gasteiger partial charge < -0.3 is 5.73 Å². The van der Waals surface area contributed by atoms with Crippen molar-refractivity contribution in [3.05, 3.63) is 34.6 Å². The van der Waals surface area contributed by atoms with E-state index in [0.29, 0.717) is 10.7 Å². The van der Waals surface area contributed by atoms with Gasteiger partial charge in [0.05, 0.1) is 5.69 Å². The number of benzene rings is 1. The highest BCUT2D eigenvalue weighted by molar-refractivity contribution is 6.33. The molecule has 4 heteroatoms. The SMILES string of the molecule is Cc1n[nH]c(C)c1-c1cc(N)ccc1Cl. The second kappa shape index (κ2) is 3.59. The molecule has 0 fully saturated rings. The summed E-state index contributed by atoms with van der Waals surface area (Å²) in [6.07, 6.45) is 0. The topological polar surface area (TPSA) is 54.7 Å². The Morgan fingerprint density at radius 2 is 2.07 bits per heavy atom. The monoisotopic (exact) mass is 221 g/mol. The maximum atomic E-state index is 6.13. The second-order valence-electron chi connectivity index (χ2n) is 3.55. The van der Waals surface area contributed by atoms with Gasteiger partial charge in [-0.25, -0.2) is 0 Å². The minimum Gasteiger partial charge on any atom is -0.399 e. The van der Waals surface area contributed by atoms with Crippen LogP contribution >= 0.6 is 11.6 Å². The maximum absolute atomic E-state index is 6.13. The molecule has 0 unspecified atom stereocenters. The van der Waals surface area contributed by atoms with E-state index in [9.17, 15) is 0 Å². The molecule has 0 saturated carbocycles. The Balaban J connectivity index is 2.68. The summed E-state index contributed by atoms with van der Waals surface area (Å²) in [4.78, 5) is 0. The molecule has 0 aliphatic heterocycles. The van der Waals surface area contributed by atoms with Crippen molar-refractivity contribution in [2.75, 3.05) is 5.73 Å². The number of halogens is 1. The van der Waals surface area contributed by atoms with E-state index in [0.717, 1.165) is 22.5 Å².